The molecule has 0 heterocycles. The Labute approximate surface area is 233 Å². The Balaban J connectivity index is 2.01. The van der Waals surface area contributed by atoms with Gasteiger partial charge < -0.3 is 31.1 Å². The van der Waals surface area contributed by atoms with E-state index >= 15 is 0 Å². The molecule has 4 amide bonds. The summed E-state index contributed by atoms with van der Waals surface area (Å²) in [5, 5.41) is 17.9. The predicted molar refractivity (Wildman–Crippen MR) is 152 cm³/mol. The van der Waals surface area contributed by atoms with E-state index in [4.69, 9.17) is 10.5 Å². The largest absolute Gasteiger partial charge is 0.508 e. The molecule has 3 rings (SSSR count). The Kier molecular flexibility index (Phi) is 9.71. The Hall–Kier alpha value is -4.60. The fourth-order valence-corrected chi connectivity index (χ4v) is 4.31. The van der Waals surface area contributed by atoms with Gasteiger partial charge in [0.1, 0.15) is 23.4 Å². The lowest BCUT2D eigenvalue weighted by atomic mass is 10.0. The predicted octanol–water partition coefficient (Wildman–Crippen LogP) is 4.23. The summed E-state index contributed by atoms with van der Waals surface area (Å²) in [5.74, 6) is -2.34. The molecule has 2 atom stereocenters. The maximum atomic E-state index is 13.9. The standard InChI is InChI=1S/C30H36N4O6/c1-5-16-34(28(38)23(18-25(31)36)33-29(39)40-30(2,3)4)26(22-12-8-9-13-24(22)35)27(37)32-21-15-14-19-10-6-7-11-20(19)17-21/h6-15,17,23,26,35H,5,16,18H2,1-4H3,(H2,31,36)(H,32,37)(H,33,39). The fourth-order valence-electron chi connectivity index (χ4n) is 4.31. The SMILES string of the molecule is CCCN(C(=O)C(CC(N)=O)NC(=O)OC(C)(C)C)C(C(=O)Nc1ccc2ccccc2c1)c1ccccc1O. The number of fused-ring (bicyclic) bond motifs is 1. The average molecular weight is 549 g/mol. The Morgan fingerprint density at radius 1 is 0.975 bits per heavy atom. The molecule has 0 aromatic heterocycles. The van der Waals surface area contributed by atoms with Crippen LogP contribution < -0.4 is 16.4 Å². The molecule has 0 fully saturated rings. The molecule has 10 nitrogen and oxygen atoms in total. The third-order valence-electron chi connectivity index (χ3n) is 5.95. The molecular weight excluding hydrogens is 512 g/mol. The van der Waals surface area contributed by atoms with Crippen LogP contribution in [0.2, 0.25) is 0 Å². The molecule has 2 unspecified atom stereocenters. The van der Waals surface area contributed by atoms with Crippen LogP contribution in [0.25, 0.3) is 10.8 Å². The highest BCUT2D eigenvalue weighted by atomic mass is 16.6. The van der Waals surface area contributed by atoms with E-state index in [1.165, 1.54) is 11.0 Å². The number of carbonyl (C=O) groups excluding carboxylic acids is 4. The highest BCUT2D eigenvalue weighted by Gasteiger charge is 2.37. The molecule has 0 bridgehead atoms. The van der Waals surface area contributed by atoms with Crippen molar-refractivity contribution in [3.63, 3.8) is 0 Å². The zero-order valence-corrected chi connectivity index (χ0v) is 23.1. The molecule has 5 N–H and O–H groups in total. The van der Waals surface area contributed by atoms with Crippen molar-refractivity contribution in [2.45, 2.75) is 58.2 Å². The highest BCUT2D eigenvalue weighted by Crippen LogP contribution is 2.31. The normalized spacial score (nSPS) is 12.7. The van der Waals surface area contributed by atoms with E-state index in [0.717, 1.165) is 10.8 Å². The van der Waals surface area contributed by atoms with E-state index in [0.29, 0.717) is 12.1 Å². The lowest BCUT2D eigenvalue weighted by molar-refractivity contribution is -0.142. The van der Waals surface area contributed by atoms with Gasteiger partial charge in [-0.25, -0.2) is 4.79 Å². The Morgan fingerprint density at radius 2 is 1.62 bits per heavy atom. The third-order valence-corrected chi connectivity index (χ3v) is 5.95. The van der Waals surface area contributed by atoms with Crippen LogP contribution in [-0.2, 0) is 19.1 Å². The van der Waals surface area contributed by atoms with Crippen LogP contribution in [0.3, 0.4) is 0 Å². The molecule has 0 spiro atoms. The quantitative estimate of drug-likeness (QED) is 0.298. The van der Waals surface area contributed by atoms with E-state index < -0.39 is 47.9 Å². The number of carbonyl (C=O) groups is 4. The molecule has 3 aromatic rings. The number of benzene rings is 3. The van der Waals surface area contributed by atoms with Gasteiger partial charge in [-0.1, -0.05) is 55.5 Å². The second-order valence-electron chi connectivity index (χ2n) is 10.4. The van der Waals surface area contributed by atoms with Crippen LogP contribution in [0.5, 0.6) is 5.75 Å². The van der Waals surface area contributed by atoms with Crippen molar-refractivity contribution < 1.29 is 29.0 Å². The number of anilines is 1. The summed E-state index contributed by atoms with van der Waals surface area (Å²) in [5.41, 5.74) is 5.22. The summed E-state index contributed by atoms with van der Waals surface area (Å²) in [6, 6.07) is 16.6. The van der Waals surface area contributed by atoms with Crippen LogP contribution in [0.15, 0.2) is 66.7 Å². The molecule has 0 radical (unpaired) electrons. The first-order chi connectivity index (χ1) is 18.9. The lowest BCUT2D eigenvalue weighted by Gasteiger charge is -2.34. The first-order valence-corrected chi connectivity index (χ1v) is 13.1. The number of hydrogen-bond donors (Lipinski definition) is 4. The van der Waals surface area contributed by atoms with Crippen LogP contribution in [0.4, 0.5) is 10.5 Å². The van der Waals surface area contributed by atoms with Crippen molar-refractivity contribution in [3.8, 4) is 5.75 Å². The molecule has 0 saturated heterocycles. The zero-order chi connectivity index (χ0) is 29.4. The fraction of sp³-hybridized carbons (Fsp3) is 0.333. The maximum absolute atomic E-state index is 13.9. The number of ether oxygens (including phenoxy) is 1. The van der Waals surface area contributed by atoms with E-state index in [9.17, 15) is 24.3 Å². The van der Waals surface area contributed by atoms with Gasteiger partial charge in [-0.15, -0.1) is 0 Å². The van der Waals surface area contributed by atoms with Gasteiger partial charge in [-0.2, -0.15) is 0 Å². The van der Waals surface area contributed by atoms with Gasteiger partial charge in [0, 0.05) is 17.8 Å². The van der Waals surface area contributed by atoms with Crippen LogP contribution >= 0.6 is 0 Å². The van der Waals surface area contributed by atoms with Gasteiger partial charge >= 0.3 is 6.09 Å². The van der Waals surface area contributed by atoms with Crippen molar-refractivity contribution in [1.82, 2.24) is 10.2 Å². The van der Waals surface area contributed by atoms with Gasteiger partial charge in [0.2, 0.25) is 11.8 Å². The minimum atomic E-state index is -1.40. The van der Waals surface area contributed by atoms with Crippen molar-refractivity contribution in [2.75, 3.05) is 11.9 Å². The number of hydrogen-bond acceptors (Lipinski definition) is 6. The number of phenols is 1. The van der Waals surface area contributed by atoms with E-state index in [1.54, 1.807) is 51.1 Å². The Bertz CT molecular complexity index is 1380. The van der Waals surface area contributed by atoms with Crippen LogP contribution in [-0.4, -0.2) is 52.0 Å². The topological polar surface area (TPSA) is 151 Å². The van der Waals surface area contributed by atoms with Crippen LogP contribution in [0, 0.1) is 0 Å². The summed E-state index contributed by atoms with van der Waals surface area (Å²) in [4.78, 5) is 53.4. The van der Waals surface area contributed by atoms with E-state index in [1.807, 2.05) is 37.3 Å². The minimum Gasteiger partial charge on any atom is -0.508 e. The van der Waals surface area contributed by atoms with E-state index in [2.05, 4.69) is 10.6 Å². The molecule has 0 aliphatic rings. The van der Waals surface area contributed by atoms with Gasteiger partial charge in [-0.05, 0) is 56.2 Å². The number of phenolic OH excluding ortho intramolecular Hbond substituents is 1. The highest BCUT2D eigenvalue weighted by molar-refractivity contribution is 6.01. The number of aromatic hydroxyl groups is 1. The molecular formula is C30H36N4O6. The second-order valence-corrected chi connectivity index (χ2v) is 10.4. The summed E-state index contributed by atoms with van der Waals surface area (Å²) < 4.78 is 5.27. The number of para-hydroxylation sites is 1. The van der Waals surface area contributed by atoms with Gasteiger partial charge in [-0.3, -0.25) is 14.4 Å². The van der Waals surface area contributed by atoms with Crippen molar-refractivity contribution in [3.05, 3.63) is 72.3 Å². The van der Waals surface area contributed by atoms with Gasteiger partial charge in [0.05, 0.1) is 6.42 Å². The molecule has 10 heteroatoms. The summed E-state index contributed by atoms with van der Waals surface area (Å²) in [6.45, 7) is 6.87. The smallest absolute Gasteiger partial charge is 0.408 e. The second kappa shape index (κ2) is 13.0. The Morgan fingerprint density at radius 3 is 2.25 bits per heavy atom. The number of amides is 4. The first-order valence-electron chi connectivity index (χ1n) is 13.1. The average Bonchev–Trinajstić information content (AvgIpc) is 2.87. The maximum Gasteiger partial charge on any atom is 0.408 e. The molecule has 212 valence electrons. The lowest BCUT2D eigenvalue weighted by Crippen LogP contribution is -2.53. The number of primary amides is 1. The monoisotopic (exact) mass is 548 g/mol. The molecule has 3 aromatic carbocycles. The number of nitrogens with one attached hydrogen (secondary N) is 2. The van der Waals surface area contributed by atoms with Crippen molar-refractivity contribution in [1.29, 1.82) is 0 Å². The van der Waals surface area contributed by atoms with Gasteiger partial charge in [0.15, 0.2) is 0 Å². The first kappa shape index (κ1) is 29.9. The molecule has 0 aliphatic heterocycles. The number of alkyl carbamates (subject to hydrolysis) is 1. The number of nitrogens with two attached hydrogens (primary N) is 1. The van der Waals surface area contributed by atoms with Crippen molar-refractivity contribution >= 4 is 40.3 Å². The summed E-state index contributed by atoms with van der Waals surface area (Å²) in [7, 11) is 0. The summed E-state index contributed by atoms with van der Waals surface area (Å²) in [6.07, 6.45) is -0.990. The van der Waals surface area contributed by atoms with Crippen LogP contribution in [0.1, 0.15) is 52.1 Å². The van der Waals surface area contributed by atoms with Gasteiger partial charge in [0.25, 0.3) is 5.91 Å². The molecule has 0 saturated carbocycles. The summed E-state index contributed by atoms with van der Waals surface area (Å²) >= 11 is 0. The molecule has 0 aliphatic carbocycles. The zero-order valence-electron chi connectivity index (χ0n) is 23.1. The molecule has 40 heavy (non-hydrogen) atoms. The van der Waals surface area contributed by atoms with Crippen molar-refractivity contribution in [2.24, 2.45) is 5.73 Å². The van der Waals surface area contributed by atoms with E-state index in [-0.39, 0.29) is 17.9 Å². The number of nitrogens with zero attached hydrogens (tertiary/aromatic N) is 1. The number of rotatable bonds is 10. The minimum absolute atomic E-state index is 0.0776. The third kappa shape index (κ3) is 7.95.